The highest BCUT2D eigenvalue weighted by molar-refractivity contribution is 7.92. The summed E-state index contributed by atoms with van der Waals surface area (Å²) in [6.45, 7) is 0. The van der Waals surface area contributed by atoms with Crippen molar-refractivity contribution in [2.45, 2.75) is 84.5 Å². The molecule has 6 heteroatoms. The molecule has 0 bridgehead atoms. The Hall–Kier alpha value is -1.92. The highest BCUT2D eigenvalue weighted by Gasteiger charge is 2.30. The minimum atomic E-state index is -3.32. The molecule has 32 heavy (non-hydrogen) atoms. The lowest BCUT2D eigenvalue weighted by Gasteiger charge is -2.22. The van der Waals surface area contributed by atoms with Crippen LogP contribution in [-0.2, 0) is 19.7 Å². The number of benzene rings is 3. The van der Waals surface area contributed by atoms with Crippen LogP contribution in [0.5, 0.6) is 0 Å². The van der Waals surface area contributed by atoms with Gasteiger partial charge in [-0.25, -0.2) is 16.8 Å². The minimum Gasteiger partial charge on any atom is -0.223 e. The highest BCUT2D eigenvalue weighted by Crippen LogP contribution is 2.33. The Bertz CT molecular complexity index is 1250. The fourth-order valence-corrected chi connectivity index (χ4v) is 9.22. The van der Waals surface area contributed by atoms with Gasteiger partial charge in [-0.1, -0.05) is 50.7 Å². The predicted octanol–water partition coefficient (Wildman–Crippen LogP) is 6.21. The van der Waals surface area contributed by atoms with Gasteiger partial charge in [-0.2, -0.15) is 0 Å². The van der Waals surface area contributed by atoms with Gasteiger partial charge < -0.3 is 0 Å². The second-order valence-electron chi connectivity index (χ2n) is 9.48. The van der Waals surface area contributed by atoms with E-state index in [9.17, 15) is 16.8 Å². The minimum absolute atomic E-state index is 0.276. The van der Waals surface area contributed by atoms with Crippen LogP contribution in [0.25, 0.3) is 21.5 Å². The van der Waals surface area contributed by atoms with E-state index in [1.807, 2.05) is 24.3 Å². The van der Waals surface area contributed by atoms with Gasteiger partial charge in [-0.05, 0) is 83.6 Å². The molecule has 0 saturated heterocycles. The van der Waals surface area contributed by atoms with Gasteiger partial charge in [0.05, 0.1) is 20.3 Å². The van der Waals surface area contributed by atoms with Crippen molar-refractivity contribution < 1.29 is 16.8 Å². The average molecular weight is 471 g/mol. The van der Waals surface area contributed by atoms with Gasteiger partial charge >= 0.3 is 0 Å². The quantitative estimate of drug-likeness (QED) is 0.425. The van der Waals surface area contributed by atoms with E-state index >= 15 is 0 Å². The molecule has 0 amide bonds. The van der Waals surface area contributed by atoms with Crippen molar-refractivity contribution in [3.8, 4) is 0 Å². The van der Waals surface area contributed by atoms with Crippen LogP contribution in [-0.4, -0.2) is 27.3 Å². The Morgan fingerprint density at radius 1 is 0.469 bits per heavy atom. The van der Waals surface area contributed by atoms with Gasteiger partial charge in [-0.15, -0.1) is 0 Å². The third-order valence-electron chi connectivity index (χ3n) is 7.38. The number of rotatable bonds is 4. The smallest absolute Gasteiger partial charge is 0.181 e. The summed E-state index contributed by atoms with van der Waals surface area (Å²) in [5.74, 6) is 0. The molecule has 4 nitrogen and oxygen atoms in total. The molecule has 3 aromatic carbocycles. The van der Waals surface area contributed by atoms with Crippen LogP contribution < -0.4 is 0 Å². The predicted molar refractivity (Wildman–Crippen MR) is 130 cm³/mol. The Morgan fingerprint density at radius 2 is 0.844 bits per heavy atom. The van der Waals surface area contributed by atoms with Gasteiger partial charge in [0, 0.05) is 0 Å². The van der Waals surface area contributed by atoms with E-state index in [1.54, 1.807) is 24.3 Å². The van der Waals surface area contributed by atoms with Crippen LogP contribution in [0.3, 0.4) is 0 Å². The molecule has 0 atom stereocenters. The summed E-state index contributed by atoms with van der Waals surface area (Å²) in [6.07, 6.45) is 9.15. The van der Waals surface area contributed by atoms with E-state index in [0.717, 1.165) is 85.8 Å². The van der Waals surface area contributed by atoms with E-state index in [4.69, 9.17) is 0 Å². The van der Waals surface area contributed by atoms with E-state index in [1.165, 1.54) is 0 Å². The van der Waals surface area contributed by atoms with Crippen LogP contribution >= 0.6 is 0 Å². The fourth-order valence-electron chi connectivity index (χ4n) is 5.44. The molecule has 2 aliphatic carbocycles. The lowest BCUT2D eigenvalue weighted by atomic mass is 10.0. The standard InChI is InChI=1S/C26H30O4S2/c27-31(28,23-7-3-1-4-8-23)25-13-11-19-16-22-18-26(14-12-20(22)15-21(19)17-25)32(29,30)24-9-5-2-6-10-24/h11-18,23-24H,1-10H2. The second-order valence-corrected chi connectivity index (χ2v) is 13.9. The SMILES string of the molecule is O=S(=O)(c1ccc2cc3cc(S(=O)(=O)C4CCCCC4)ccc3cc2c1)C1CCCCC1. The summed E-state index contributed by atoms with van der Waals surface area (Å²) in [6, 6.07) is 14.6. The number of fused-ring (bicyclic) bond motifs is 2. The largest absolute Gasteiger partial charge is 0.223 e. The Kier molecular flexibility index (Phi) is 5.79. The lowest BCUT2D eigenvalue weighted by molar-refractivity contribution is 0.483. The normalized spacial score (nSPS) is 19.5. The van der Waals surface area contributed by atoms with E-state index in [2.05, 4.69) is 0 Å². The van der Waals surface area contributed by atoms with Crippen molar-refractivity contribution in [1.29, 1.82) is 0 Å². The van der Waals surface area contributed by atoms with Gasteiger partial charge in [-0.3, -0.25) is 0 Å². The first-order chi connectivity index (χ1) is 15.4. The molecule has 3 aromatic rings. The fraction of sp³-hybridized carbons (Fsp3) is 0.462. The van der Waals surface area contributed by atoms with Crippen molar-refractivity contribution in [3.05, 3.63) is 48.5 Å². The summed E-state index contributed by atoms with van der Waals surface area (Å²) < 4.78 is 52.5. The number of hydrogen-bond donors (Lipinski definition) is 0. The second kappa shape index (κ2) is 8.45. The third kappa shape index (κ3) is 3.96. The maximum Gasteiger partial charge on any atom is 0.181 e. The number of hydrogen-bond acceptors (Lipinski definition) is 4. The van der Waals surface area contributed by atoms with Gasteiger partial charge in [0.1, 0.15) is 0 Å². The summed E-state index contributed by atoms with van der Waals surface area (Å²) in [5, 5.41) is 3.04. The molecule has 0 N–H and O–H groups in total. The molecule has 170 valence electrons. The Balaban J connectivity index is 1.52. The summed E-state index contributed by atoms with van der Waals surface area (Å²) >= 11 is 0. The van der Waals surface area contributed by atoms with E-state index in [0.29, 0.717) is 9.79 Å². The zero-order valence-electron chi connectivity index (χ0n) is 18.3. The first kappa shape index (κ1) is 21.9. The van der Waals surface area contributed by atoms with Crippen LogP contribution in [0.15, 0.2) is 58.3 Å². The van der Waals surface area contributed by atoms with Crippen molar-refractivity contribution >= 4 is 41.2 Å². The first-order valence-corrected chi connectivity index (χ1v) is 14.9. The average Bonchev–Trinajstić information content (AvgIpc) is 2.83. The Labute approximate surface area is 190 Å². The third-order valence-corrected chi connectivity index (χ3v) is 11.9. The molecule has 0 heterocycles. The summed E-state index contributed by atoms with van der Waals surface area (Å²) in [5.41, 5.74) is 0. The maximum absolute atomic E-state index is 13.1. The van der Waals surface area contributed by atoms with Gasteiger partial charge in [0.2, 0.25) is 0 Å². The molecule has 0 aromatic heterocycles. The van der Waals surface area contributed by atoms with Crippen LogP contribution in [0.2, 0.25) is 0 Å². The maximum atomic E-state index is 13.1. The van der Waals surface area contributed by atoms with Crippen LogP contribution in [0, 0.1) is 0 Å². The highest BCUT2D eigenvalue weighted by atomic mass is 32.2. The molecule has 0 unspecified atom stereocenters. The molecular formula is C26H30O4S2. The molecule has 0 radical (unpaired) electrons. The molecular weight excluding hydrogens is 440 g/mol. The molecule has 0 spiro atoms. The van der Waals surface area contributed by atoms with E-state index < -0.39 is 19.7 Å². The molecule has 0 aliphatic heterocycles. The molecule has 2 aliphatic rings. The van der Waals surface area contributed by atoms with Crippen molar-refractivity contribution in [2.75, 3.05) is 0 Å². The first-order valence-electron chi connectivity index (χ1n) is 11.8. The summed E-state index contributed by atoms with van der Waals surface area (Å²) in [4.78, 5) is 0.792. The van der Waals surface area contributed by atoms with Crippen molar-refractivity contribution in [1.82, 2.24) is 0 Å². The van der Waals surface area contributed by atoms with Gasteiger partial charge in [0.25, 0.3) is 0 Å². The topological polar surface area (TPSA) is 68.3 Å². The summed E-state index contributed by atoms with van der Waals surface area (Å²) in [7, 11) is -6.65. The zero-order chi connectivity index (χ0) is 22.3. The molecule has 5 rings (SSSR count). The lowest BCUT2D eigenvalue weighted by Crippen LogP contribution is -2.24. The van der Waals surface area contributed by atoms with Gasteiger partial charge in [0.15, 0.2) is 19.7 Å². The monoisotopic (exact) mass is 470 g/mol. The number of sulfone groups is 2. The Morgan fingerprint density at radius 3 is 1.22 bits per heavy atom. The van der Waals surface area contributed by atoms with Crippen LogP contribution in [0.1, 0.15) is 64.2 Å². The molecule has 2 fully saturated rings. The van der Waals surface area contributed by atoms with Crippen molar-refractivity contribution in [3.63, 3.8) is 0 Å². The van der Waals surface area contributed by atoms with E-state index in [-0.39, 0.29) is 10.5 Å². The zero-order valence-corrected chi connectivity index (χ0v) is 19.9. The van der Waals surface area contributed by atoms with Crippen molar-refractivity contribution in [2.24, 2.45) is 0 Å². The van der Waals surface area contributed by atoms with Crippen LogP contribution in [0.4, 0.5) is 0 Å². The molecule has 2 saturated carbocycles.